The van der Waals surface area contributed by atoms with Gasteiger partial charge in [-0.3, -0.25) is 14.5 Å². The van der Waals surface area contributed by atoms with Crippen LogP contribution in [0.3, 0.4) is 0 Å². The topological polar surface area (TPSA) is 88.2 Å². The van der Waals surface area contributed by atoms with E-state index in [2.05, 4.69) is 5.32 Å². The predicted octanol–water partition coefficient (Wildman–Crippen LogP) is 3.20. The van der Waals surface area contributed by atoms with Crippen LogP contribution in [0, 0.1) is 5.92 Å². The fourth-order valence-corrected chi connectivity index (χ4v) is 3.99. The minimum absolute atomic E-state index is 0.0792. The van der Waals surface area contributed by atoms with E-state index in [9.17, 15) is 14.4 Å². The lowest BCUT2D eigenvalue weighted by Crippen LogP contribution is -2.51. The molecule has 3 amide bonds. The quantitative estimate of drug-likeness (QED) is 0.729. The summed E-state index contributed by atoms with van der Waals surface area (Å²) in [6.45, 7) is 5.84. The zero-order chi connectivity index (χ0) is 23.4. The number of hydrogen-bond acceptors (Lipinski definition) is 5. The van der Waals surface area contributed by atoms with Crippen LogP contribution >= 0.6 is 0 Å². The molecule has 8 nitrogen and oxygen atoms in total. The molecule has 174 valence electrons. The van der Waals surface area contributed by atoms with Gasteiger partial charge in [0.2, 0.25) is 11.8 Å². The standard InChI is InChI=1S/C25H29N3O5/c1-17(2)23(29)26-20-10-8-19(9-11-20)22-21(24(30)27-12-14-32-15-13-27)28(25(31)33-22)16-18-6-4-3-5-7-18/h3-11,17,21-22H,12-16H2,1-2H3,(H,26,29). The molecule has 0 bridgehead atoms. The highest BCUT2D eigenvalue weighted by Crippen LogP contribution is 2.35. The maximum Gasteiger partial charge on any atom is 0.411 e. The van der Waals surface area contributed by atoms with Crippen molar-refractivity contribution in [1.29, 1.82) is 0 Å². The molecule has 1 N–H and O–H groups in total. The Balaban J connectivity index is 1.60. The number of hydrogen-bond donors (Lipinski definition) is 1. The SMILES string of the molecule is CC(C)C(=O)Nc1ccc(C2OC(=O)N(Cc3ccccc3)C2C(=O)N2CCOCC2)cc1. The summed E-state index contributed by atoms with van der Waals surface area (Å²) in [5, 5.41) is 2.85. The van der Waals surface area contributed by atoms with Gasteiger partial charge in [0, 0.05) is 24.7 Å². The molecule has 4 rings (SSSR count). The monoisotopic (exact) mass is 451 g/mol. The van der Waals surface area contributed by atoms with Crippen molar-refractivity contribution in [2.24, 2.45) is 5.92 Å². The summed E-state index contributed by atoms with van der Waals surface area (Å²) in [5.74, 6) is -0.366. The van der Waals surface area contributed by atoms with E-state index in [1.54, 1.807) is 29.2 Å². The first-order valence-electron chi connectivity index (χ1n) is 11.2. The Kier molecular flexibility index (Phi) is 6.93. The van der Waals surface area contributed by atoms with E-state index < -0.39 is 18.2 Å². The van der Waals surface area contributed by atoms with Gasteiger partial charge >= 0.3 is 6.09 Å². The largest absolute Gasteiger partial charge is 0.438 e. The average molecular weight is 452 g/mol. The van der Waals surface area contributed by atoms with Crippen molar-refractivity contribution in [3.8, 4) is 0 Å². The lowest BCUT2D eigenvalue weighted by molar-refractivity contribution is -0.141. The fraction of sp³-hybridized carbons (Fsp3) is 0.400. The molecular formula is C25H29N3O5. The number of anilines is 1. The number of amides is 3. The highest BCUT2D eigenvalue weighted by molar-refractivity contribution is 5.92. The molecule has 2 saturated heterocycles. The second kappa shape index (κ2) is 10.0. The van der Waals surface area contributed by atoms with E-state index >= 15 is 0 Å². The molecule has 2 unspecified atom stereocenters. The third kappa shape index (κ3) is 5.17. The van der Waals surface area contributed by atoms with Gasteiger partial charge in [0.05, 0.1) is 19.8 Å². The first-order chi connectivity index (χ1) is 15.9. The molecule has 0 spiro atoms. The number of cyclic esters (lactones) is 1. The summed E-state index contributed by atoms with van der Waals surface area (Å²) >= 11 is 0. The Bertz CT molecular complexity index is 987. The summed E-state index contributed by atoms with van der Waals surface area (Å²) in [6.07, 6.45) is -1.26. The minimum atomic E-state index is -0.785. The second-order valence-corrected chi connectivity index (χ2v) is 8.57. The van der Waals surface area contributed by atoms with E-state index in [-0.39, 0.29) is 24.3 Å². The molecule has 0 aromatic heterocycles. The molecule has 8 heteroatoms. The number of carbonyl (C=O) groups excluding carboxylic acids is 3. The third-order valence-corrected chi connectivity index (χ3v) is 5.89. The number of carbonyl (C=O) groups is 3. The van der Waals surface area contributed by atoms with E-state index in [0.29, 0.717) is 37.6 Å². The molecule has 0 radical (unpaired) electrons. The summed E-state index contributed by atoms with van der Waals surface area (Å²) in [4.78, 5) is 41.7. The van der Waals surface area contributed by atoms with Gasteiger partial charge in [-0.25, -0.2) is 4.79 Å². The van der Waals surface area contributed by atoms with Crippen LogP contribution in [-0.2, 0) is 25.6 Å². The first kappa shape index (κ1) is 22.8. The van der Waals surface area contributed by atoms with Crippen LogP contribution in [0.4, 0.5) is 10.5 Å². The van der Waals surface area contributed by atoms with Gasteiger partial charge in [-0.2, -0.15) is 0 Å². The number of benzene rings is 2. The molecule has 2 aromatic rings. The van der Waals surface area contributed by atoms with Crippen LogP contribution in [0.25, 0.3) is 0 Å². The fourth-order valence-electron chi connectivity index (χ4n) is 3.99. The van der Waals surface area contributed by atoms with Crippen LogP contribution in [0.5, 0.6) is 0 Å². The summed E-state index contributed by atoms with van der Waals surface area (Å²) in [5.41, 5.74) is 2.27. The molecule has 33 heavy (non-hydrogen) atoms. The smallest absolute Gasteiger partial charge is 0.411 e. The number of nitrogens with one attached hydrogen (secondary N) is 1. The van der Waals surface area contributed by atoms with Crippen molar-refractivity contribution in [1.82, 2.24) is 9.80 Å². The first-order valence-corrected chi connectivity index (χ1v) is 11.2. The Morgan fingerprint density at radius 1 is 1.03 bits per heavy atom. The van der Waals surface area contributed by atoms with Gasteiger partial charge < -0.3 is 19.7 Å². The van der Waals surface area contributed by atoms with Crippen LogP contribution < -0.4 is 5.32 Å². The van der Waals surface area contributed by atoms with Gasteiger partial charge in [0.1, 0.15) is 0 Å². The highest BCUT2D eigenvalue weighted by atomic mass is 16.6. The van der Waals surface area contributed by atoms with Crippen LogP contribution in [0.2, 0.25) is 0 Å². The van der Waals surface area contributed by atoms with Crippen molar-refractivity contribution in [2.45, 2.75) is 32.5 Å². The summed E-state index contributed by atoms with van der Waals surface area (Å²) in [7, 11) is 0. The lowest BCUT2D eigenvalue weighted by Gasteiger charge is -2.32. The van der Waals surface area contributed by atoms with Crippen LogP contribution in [-0.4, -0.2) is 60.1 Å². The summed E-state index contributed by atoms with van der Waals surface area (Å²) in [6, 6.07) is 15.9. The molecular weight excluding hydrogens is 422 g/mol. The van der Waals surface area contributed by atoms with Gasteiger partial charge in [0.15, 0.2) is 12.1 Å². The Morgan fingerprint density at radius 3 is 2.33 bits per heavy atom. The molecule has 2 heterocycles. The Hall–Kier alpha value is -3.39. The lowest BCUT2D eigenvalue weighted by atomic mass is 9.99. The van der Waals surface area contributed by atoms with E-state index in [1.807, 2.05) is 44.2 Å². The maximum atomic E-state index is 13.6. The number of rotatable bonds is 6. The zero-order valence-electron chi connectivity index (χ0n) is 18.9. The molecule has 2 atom stereocenters. The van der Waals surface area contributed by atoms with Crippen LogP contribution in [0.15, 0.2) is 54.6 Å². The van der Waals surface area contributed by atoms with Crippen LogP contribution in [0.1, 0.15) is 31.1 Å². The van der Waals surface area contributed by atoms with Crippen molar-refractivity contribution < 1.29 is 23.9 Å². The van der Waals surface area contributed by atoms with Gasteiger partial charge in [-0.15, -0.1) is 0 Å². The van der Waals surface area contributed by atoms with Gasteiger partial charge in [-0.1, -0.05) is 56.3 Å². The molecule has 2 aromatic carbocycles. The number of morpholine rings is 1. The van der Waals surface area contributed by atoms with E-state index in [1.165, 1.54) is 4.90 Å². The van der Waals surface area contributed by atoms with E-state index in [4.69, 9.17) is 9.47 Å². The third-order valence-electron chi connectivity index (χ3n) is 5.89. The molecule has 2 fully saturated rings. The van der Waals surface area contributed by atoms with Crippen molar-refractivity contribution in [3.63, 3.8) is 0 Å². The van der Waals surface area contributed by atoms with Crippen molar-refractivity contribution in [3.05, 3.63) is 65.7 Å². The second-order valence-electron chi connectivity index (χ2n) is 8.57. The van der Waals surface area contributed by atoms with Crippen molar-refractivity contribution >= 4 is 23.6 Å². The number of nitrogens with zero attached hydrogens (tertiary/aromatic N) is 2. The Morgan fingerprint density at radius 2 is 1.70 bits per heavy atom. The minimum Gasteiger partial charge on any atom is -0.438 e. The maximum absolute atomic E-state index is 13.6. The number of ether oxygens (including phenoxy) is 2. The molecule has 2 aliphatic heterocycles. The highest BCUT2D eigenvalue weighted by Gasteiger charge is 2.48. The van der Waals surface area contributed by atoms with Gasteiger partial charge in [-0.05, 0) is 23.3 Å². The van der Waals surface area contributed by atoms with Crippen molar-refractivity contribution in [2.75, 3.05) is 31.6 Å². The molecule has 2 aliphatic rings. The Labute approximate surface area is 193 Å². The predicted molar refractivity (Wildman–Crippen MR) is 122 cm³/mol. The molecule has 0 aliphatic carbocycles. The zero-order valence-corrected chi connectivity index (χ0v) is 18.9. The van der Waals surface area contributed by atoms with Gasteiger partial charge in [0.25, 0.3) is 0 Å². The average Bonchev–Trinajstić information content (AvgIpc) is 3.16. The van der Waals surface area contributed by atoms with E-state index in [0.717, 1.165) is 5.56 Å². The normalized spacial score (nSPS) is 20.6. The summed E-state index contributed by atoms with van der Waals surface area (Å²) < 4.78 is 11.1. The molecule has 0 saturated carbocycles.